The molecule has 116 valence electrons. The lowest BCUT2D eigenvalue weighted by Crippen LogP contribution is -2.49. The van der Waals surface area contributed by atoms with Crippen LogP contribution in [0.3, 0.4) is 0 Å². The molecule has 1 aromatic rings. The minimum Gasteiger partial charge on any atom is -0.467 e. The Morgan fingerprint density at radius 2 is 1.86 bits per heavy atom. The standard InChI is InChI=1S/C16H24N2O3/c1-11(2)9-14(16(20)21-3)18-15(19)13(17)10-12-7-5-4-6-8-12/h4-8,11,13-14H,9-10,17H2,1-3H3,(H,18,19)/t13-,14-/m0/s1. The van der Waals surface area contributed by atoms with Crippen LogP contribution in [0, 0.1) is 5.92 Å². The monoisotopic (exact) mass is 292 g/mol. The summed E-state index contributed by atoms with van der Waals surface area (Å²) >= 11 is 0. The second kappa shape index (κ2) is 8.42. The van der Waals surface area contributed by atoms with Gasteiger partial charge in [-0.15, -0.1) is 0 Å². The van der Waals surface area contributed by atoms with Gasteiger partial charge in [-0.25, -0.2) is 4.79 Å². The lowest BCUT2D eigenvalue weighted by molar-refractivity contribution is -0.145. The van der Waals surface area contributed by atoms with Gasteiger partial charge in [0, 0.05) is 0 Å². The van der Waals surface area contributed by atoms with Crippen molar-refractivity contribution in [2.24, 2.45) is 11.7 Å². The van der Waals surface area contributed by atoms with E-state index in [4.69, 9.17) is 10.5 Å². The fourth-order valence-electron chi connectivity index (χ4n) is 2.07. The summed E-state index contributed by atoms with van der Waals surface area (Å²) in [5, 5.41) is 2.68. The van der Waals surface area contributed by atoms with Crippen molar-refractivity contribution in [3.05, 3.63) is 35.9 Å². The first kappa shape index (κ1) is 17.2. The van der Waals surface area contributed by atoms with Gasteiger partial charge in [0.1, 0.15) is 6.04 Å². The molecule has 0 aliphatic carbocycles. The Morgan fingerprint density at radius 3 is 2.38 bits per heavy atom. The van der Waals surface area contributed by atoms with Crippen LogP contribution >= 0.6 is 0 Å². The van der Waals surface area contributed by atoms with Gasteiger partial charge in [0.2, 0.25) is 5.91 Å². The summed E-state index contributed by atoms with van der Waals surface area (Å²) in [4.78, 5) is 23.8. The number of nitrogens with one attached hydrogen (secondary N) is 1. The van der Waals surface area contributed by atoms with E-state index in [0.29, 0.717) is 12.8 Å². The molecule has 1 rings (SSSR count). The number of hydrogen-bond donors (Lipinski definition) is 2. The van der Waals surface area contributed by atoms with Gasteiger partial charge in [-0.3, -0.25) is 4.79 Å². The maximum Gasteiger partial charge on any atom is 0.328 e. The zero-order valence-corrected chi connectivity index (χ0v) is 12.8. The normalized spacial score (nSPS) is 13.6. The van der Waals surface area contributed by atoms with Gasteiger partial charge in [0.05, 0.1) is 13.2 Å². The molecule has 21 heavy (non-hydrogen) atoms. The predicted molar refractivity (Wildman–Crippen MR) is 81.5 cm³/mol. The second-order valence-electron chi connectivity index (χ2n) is 5.51. The molecule has 0 aliphatic rings. The Morgan fingerprint density at radius 1 is 1.24 bits per heavy atom. The fourth-order valence-corrected chi connectivity index (χ4v) is 2.07. The minimum absolute atomic E-state index is 0.264. The number of carbonyl (C=O) groups excluding carboxylic acids is 2. The molecule has 3 N–H and O–H groups in total. The van der Waals surface area contributed by atoms with E-state index >= 15 is 0 Å². The summed E-state index contributed by atoms with van der Waals surface area (Å²) in [7, 11) is 1.31. The molecule has 0 fully saturated rings. The van der Waals surface area contributed by atoms with Crippen molar-refractivity contribution in [3.8, 4) is 0 Å². The number of esters is 1. The summed E-state index contributed by atoms with van der Waals surface area (Å²) in [5.74, 6) is -0.515. The molecule has 0 spiro atoms. The highest BCUT2D eigenvalue weighted by atomic mass is 16.5. The van der Waals surface area contributed by atoms with Crippen molar-refractivity contribution in [1.29, 1.82) is 0 Å². The molecule has 0 saturated heterocycles. The second-order valence-corrected chi connectivity index (χ2v) is 5.51. The lowest BCUT2D eigenvalue weighted by atomic mass is 10.0. The average molecular weight is 292 g/mol. The molecule has 0 aliphatic heterocycles. The van der Waals surface area contributed by atoms with Crippen LogP contribution in [0.15, 0.2) is 30.3 Å². The van der Waals surface area contributed by atoms with Crippen LogP contribution in [-0.4, -0.2) is 31.1 Å². The quantitative estimate of drug-likeness (QED) is 0.741. The van der Waals surface area contributed by atoms with E-state index in [0.717, 1.165) is 5.56 Å². The van der Waals surface area contributed by atoms with Crippen LogP contribution in [0.2, 0.25) is 0 Å². The van der Waals surface area contributed by atoms with Crippen LogP contribution < -0.4 is 11.1 Å². The molecule has 0 saturated carbocycles. The maximum atomic E-state index is 12.1. The number of hydrogen-bond acceptors (Lipinski definition) is 4. The highest BCUT2D eigenvalue weighted by Crippen LogP contribution is 2.07. The highest BCUT2D eigenvalue weighted by Gasteiger charge is 2.25. The van der Waals surface area contributed by atoms with Crippen LogP contribution in [0.4, 0.5) is 0 Å². The van der Waals surface area contributed by atoms with E-state index in [-0.39, 0.29) is 11.8 Å². The number of benzene rings is 1. The van der Waals surface area contributed by atoms with Gasteiger partial charge in [0.15, 0.2) is 0 Å². The predicted octanol–water partition coefficient (Wildman–Crippen LogP) is 1.26. The van der Waals surface area contributed by atoms with Crippen LogP contribution in [0.25, 0.3) is 0 Å². The number of amides is 1. The van der Waals surface area contributed by atoms with Gasteiger partial charge in [-0.2, -0.15) is 0 Å². The third kappa shape index (κ3) is 5.95. The molecule has 5 heteroatoms. The van der Waals surface area contributed by atoms with E-state index in [9.17, 15) is 9.59 Å². The molecule has 0 heterocycles. The zero-order valence-electron chi connectivity index (χ0n) is 12.8. The summed E-state index contributed by atoms with van der Waals surface area (Å²) in [6.45, 7) is 3.96. The minimum atomic E-state index is -0.688. The first-order valence-corrected chi connectivity index (χ1v) is 7.11. The zero-order chi connectivity index (χ0) is 15.8. The van der Waals surface area contributed by atoms with Crippen LogP contribution in [0.5, 0.6) is 0 Å². The Kier molecular flexibility index (Phi) is 6.88. The average Bonchev–Trinajstić information content (AvgIpc) is 2.46. The first-order chi connectivity index (χ1) is 9.93. The largest absolute Gasteiger partial charge is 0.467 e. The number of ether oxygens (including phenoxy) is 1. The third-order valence-corrected chi connectivity index (χ3v) is 3.14. The van der Waals surface area contributed by atoms with Gasteiger partial charge in [-0.1, -0.05) is 44.2 Å². The van der Waals surface area contributed by atoms with Crippen molar-refractivity contribution in [3.63, 3.8) is 0 Å². The van der Waals surface area contributed by atoms with Gasteiger partial charge >= 0.3 is 5.97 Å². The van der Waals surface area contributed by atoms with Gasteiger partial charge < -0.3 is 15.8 Å². The highest BCUT2D eigenvalue weighted by molar-refractivity contribution is 5.87. The van der Waals surface area contributed by atoms with E-state index in [1.807, 2.05) is 44.2 Å². The fraction of sp³-hybridized carbons (Fsp3) is 0.500. The Hall–Kier alpha value is -1.88. The van der Waals surface area contributed by atoms with Crippen molar-refractivity contribution in [1.82, 2.24) is 5.32 Å². The molecule has 0 radical (unpaired) electrons. The smallest absolute Gasteiger partial charge is 0.328 e. The molecule has 0 aromatic heterocycles. The number of rotatable bonds is 7. The summed E-state index contributed by atoms with van der Waals surface area (Å²) in [6, 6.07) is 8.20. The summed E-state index contributed by atoms with van der Waals surface area (Å²) in [5.41, 5.74) is 6.89. The lowest BCUT2D eigenvalue weighted by Gasteiger charge is -2.20. The molecule has 1 aromatic carbocycles. The first-order valence-electron chi connectivity index (χ1n) is 7.11. The molecule has 0 bridgehead atoms. The van der Waals surface area contributed by atoms with E-state index in [1.54, 1.807) is 0 Å². The van der Waals surface area contributed by atoms with Crippen molar-refractivity contribution in [2.45, 2.75) is 38.8 Å². The van der Waals surface area contributed by atoms with E-state index < -0.39 is 18.1 Å². The SMILES string of the molecule is COC(=O)[C@H](CC(C)C)NC(=O)[C@@H](N)Cc1ccccc1. The molecule has 0 unspecified atom stereocenters. The molecule has 5 nitrogen and oxygen atoms in total. The topological polar surface area (TPSA) is 81.4 Å². The summed E-state index contributed by atoms with van der Waals surface area (Å²) < 4.78 is 4.72. The van der Waals surface area contributed by atoms with Crippen molar-refractivity contribution >= 4 is 11.9 Å². The van der Waals surface area contributed by atoms with E-state index in [1.165, 1.54) is 7.11 Å². The molecule has 1 amide bonds. The van der Waals surface area contributed by atoms with Gasteiger partial charge in [0.25, 0.3) is 0 Å². The Labute approximate surface area is 125 Å². The number of nitrogens with two attached hydrogens (primary N) is 1. The third-order valence-electron chi connectivity index (χ3n) is 3.14. The van der Waals surface area contributed by atoms with Gasteiger partial charge in [-0.05, 0) is 24.3 Å². The summed E-state index contributed by atoms with van der Waals surface area (Å²) in [6.07, 6.45) is 0.957. The Bertz CT molecular complexity index is 460. The Balaban J connectivity index is 2.61. The number of methoxy groups -OCH3 is 1. The van der Waals surface area contributed by atoms with Crippen LogP contribution in [-0.2, 0) is 20.7 Å². The molecular weight excluding hydrogens is 268 g/mol. The van der Waals surface area contributed by atoms with Crippen LogP contribution in [0.1, 0.15) is 25.8 Å². The molecular formula is C16H24N2O3. The van der Waals surface area contributed by atoms with Crippen molar-refractivity contribution in [2.75, 3.05) is 7.11 Å². The number of carbonyl (C=O) groups is 2. The molecule has 2 atom stereocenters. The maximum absolute atomic E-state index is 12.1. The van der Waals surface area contributed by atoms with Crippen molar-refractivity contribution < 1.29 is 14.3 Å². The van der Waals surface area contributed by atoms with E-state index in [2.05, 4.69) is 5.32 Å².